The van der Waals surface area contributed by atoms with Crippen LogP contribution in [0.25, 0.3) is 0 Å². The van der Waals surface area contributed by atoms with Crippen molar-refractivity contribution in [3.05, 3.63) is 58.9 Å². The van der Waals surface area contributed by atoms with Gasteiger partial charge in [0, 0.05) is 29.1 Å². The van der Waals surface area contributed by atoms with Gasteiger partial charge in [-0.2, -0.15) is 0 Å². The third-order valence-electron chi connectivity index (χ3n) is 3.29. The van der Waals surface area contributed by atoms with Gasteiger partial charge in [-0.05, 0) is 43.7 Å². The first-order valence-corrected chi connectivity index (χ1v) is 8.56. The van der Waals surface area contributed by atoms with E-state index in [9.17, 15) is 0 Å². The number of benzene rings is 1. The molecule has 1 aromatic carbocycles. The van der Waals surface area contributed by atoms with Crippen LogP contribution < -0.4 is 5.32 Å². The zero-order valence-corrected chi connectivity index (χ0v) is 14.0. The first kappa shape index (κ1) is 16.3. The van der Waals surface area contributed by atoms with Crippen molar-refractivity contribution in [1.29, 1.82) is 0 Å². The Hall–Kier alpha value is -1.03. The van der Waals surface area contributed by atoms with Gasteiger partial charge in [0.1, 0.15) is 0 Å². The second-order valence-electron chi connectivity index (χ2n) is 5.05. The summed E-state index contributed by atoms with van der Waals surface area (Å²) in [5.74, 6) is 1.02. The van der Waals surface area contributed by atoms with Gasteiger partial charge in [0.15, 0.2) is 0 Å². The molecule has 0 spiro atoms. The minimum atomic E-state index is 0.404. The summed E-state index contributed by atoms with van der Waals surface area (Å²) in [6, 6.07) is 11.1. The normalized spacial score (nSPS) is 12.3. The maximum atomic E-state index is 6.21. The molecule has 0 aliphatic carbocycles. The Morgan fingerprint density at radius 2 is 2.00 bits per heavy atom. The highest BCUT2D eigenvalue weighted by Gasteiger charge is 2.11. The molecule has 0 saturated carbocycles. The molecule has 21 heavy (non-hydrogen) atoms. The van der Waals surface area contributed by atoms with Gasteiger partial charge in [-0.25, -0.2) is 0 Å². The molecule has 1 aromatic heterocycles. The van der Waals surface area contributed by atoms with Crippen molar-refractivity contribution < 1.29 is 0 Å². The maximum absolute atomic E-state index is 6.21. The Kier molecular flexibility index (Phi) is 6.55. The number of likely N-dealkylation sites (N-methyl/N-ethyl adjacent to an activating group) is 1. The van der Waals surface area contributed by atoms with Gasteiger partial charge >= 0.3 is 0 Å². The van der Waals surface area contributed by atoms with E-state index in [0.29, 0.717) is 6.04 Å². The van der Waals surface area contributed by atoms with Gasteiger partial charge < -0.3 is 5.32 Å². The van der Waals surface area contributed by atoms with E-state index in [0.717, 1.165) is 29.3 Å². The van der Waals surface area contributed by atoms with Gasteiger partial charge in [0.2, 0.25) is 0 Å². The number of aromatic nitrogens is 1. The van der Waals surface area contributed by atoms with Crippen molar-refractivity contribution in [2.45, 2.75) is 31.2 Å². The van der Waals surface area contributed by atoms with Crippen LogP contribution in [0.1, 0.15) is 18.1 Å². The fourth-order valence-corrected chi connectivity index (χ4v) is 3.30. The van der Waals surface area contributed by atoms with Crippen molar-refractivity contribution in [3.63, 3.8) is 0 Å². The quantitative estimate of drug-likeness (QED) is 0.767. The van der Waals surface area contributed by atoms with Crippen LogP contribution in [0.2, 0.25) is 5.02 Å². The number of aryl methyl sites for hydroxylation is 1. The van der Waals surface area contributed by atoms with Gasteiger partial charge in [-0.1, -0.05) is 36.2 Å². The Labute approximate surface area is 136 Å². The summed E-state index contributed by atoms with van der Waals surface area (Å²) in [4.78, 5) is 5.35. The molecule has 0 fully saturated rings. The van der Waals surface area contributed by atoms with Crippen LogP contribution in [0.3, 0.4) is 0 Å². The molecule has 0 amide bonds. The molecule has 0 radical (unpaired) electrons. The van der Waals surface area contributed by atoms with Crippen molar-refractivity contribution in [3.8, 4) is 0 Å². The monoisotopic (exact) mass is 320 g/mol. The molecule has 0 saturated heterocycles. The highest BCUT2D eigenvalue weighted by atomic mass is 35.5. The Morgan fingerprint density at radius 1 is 1.24 bits per heavy atom. The lowest BCUT2D eigenvalue weighted by atomic mass is 10.1. The standard InChI is InChI=1S/C17H21ClN2S/c1-3-20-15(10-14-8-9-19-11-17(14)18)12-21-16-6-4-13(2)5-7-16/h4-9,11,15,20H,3,10,12H2,1-2H3. The molecule has 2 aromatic rings. The highest BCUT2D eigenvalue weighted by molar-refractivity contribution is 7.99. The molecule has 4 heteroatoms. The summed E-state index contributed by atoms with van der Waals surface area (Å²) in [6.07, 6.45) is 4.44. The lowest BCUT2D eigenvalue weighted by Crippen LogP contribution is -2.33. The average Bonchev–Trinajstić information content (AvgIpc) is 2.49. The number of halogens is 1. The molecule has 1 heterocycles. The summed E-state index contributed by atoms with van der Waals surface area (Å²) in [5, 5.41) is 4.29. The zero-order chi connectivity index (χ0) is 15.1. The van der Waals surface area contributed by atoms with Crippen LogP contribution in [0.15, 0.2) is 47.6 Å². The van der Waals surface area contributed by atoms with Crippen molar-refractivity contribution in [2.24, 2.45) is 0 Å². The second-order valence-corrected chi connectivity index (χ2v) is 6.55. The van der Waals surface area contributed by atoms with Gasteiger partial charge in [-0.3, -0.25) is 4.98 Å². The van der Waals surface area contributed by atoms with E-state index >= 15 is 0 Å². The molecule has 1 unspecified atom stereocenters. The average molecular weight is 321 g/mol. The number of rotatable bonds is 7. The van der Waals surface area contributed by atoms with E-state index in [1.165, 1.54) is 10.5 Å². The van der Waals surface area contributed by atoms with Crippen LogP contribution in [-0.4, -0.2) is 23.3 Å². The first-order chi connectivity index (χ1) is 10.2. The maximum Gasteiger partial charge on any atom is 0.0621 e. The van der Waals surface area contributed by atoms with Crippen LogP contribution in [0.4, 0.5) is 0 Å². The van der Waals surface area contributed by atoms with E-state index in [1.54, 1.807) is 12.4 Å². The molecular weight excluding hydrogens is 300 g/mol. The summed E-state index contributed by atoms with van der Waals surface area (Å²) in [7, 11) is 0. The third kappa shape index (κ3) is 5.34. The number of nitrogens with one attached hydrogen (secondary N) is 1. The molecule has 0 aliphatic rings. The lowest BCUT2D eigenvalue weighted by molar-refractivity contribution is 0.572. The molecule has 1 atom stereocenters. The molecule has 1 N–H and O–H groups in total. The Balaban J connectivity index is 1.95. The minimum absolute atomic E-state index is 0.404. The largest absolute Gasteiger partial charge is 0.313 e. The minimum Gasteiger partial charge on any atom is -0.313 e. The fraction of sp³-hybridized carbons (Fsp3) is 0.353. The fourth-order valence-electron chi connectivity index (χ4n) is 2.15. The number of thioether (sulfide) groups is 1. The zero-order valence-electron chi connectivity index (χ0n) is 12.5. The third-order valence-corrected chi connectivity index (χ3v) is 4.80. The molecule has 0 bridgehead atoms. The molecule has 2 nitrogen and oxygen atoms in total. The van der Waals surface area contributed by atoms with Crippen LogP contribution >= 0.6 is 23.4 Å². The number of hydrogen-bond acceptors (Lipinski definition) is 3. The van der Waals surface area contributed by atoms with E-state index in [-0.39, 0.29) is 0 Å². The van der Waals surface area contributed by atoms with Crippen molar-refractivity contribution >= 4 is 23.4 Å². The predicted octanol–water partition coefficient (Wildman–Crippen LogP) is 4.36. The molecule has 112 valence electrons. The van der Waals surface area contributed by atoms with Crippen molar-refractivity contribution in [2.75, 3.05) is 12.3 Å². The number of nitrogens with zero attached hydrogens (tertiary/aromatic N) is 1. The van der Waals surface area contributed by atoms with E-state index in [1.807, 2.05) is 17.8 Å². The number of pyridine rings is 1. The summed E-state index contributed by atoms with van der Waals surface area (Å²) in [6.45, 7) is 5.21. The van der Waals surface area contributed by atoms with Gasteiger partial charge in [-0.15, -0.1) is 11.8 Å². The van der Waals surface area contributed by atoms with E-state index in [4.69, 9.17) is 11.6 Å². The van der Waals surface area contributed by atoms with E-state index in [2.05, 4.69) is 48.4 Å². The smallest absolute Gasteiger partial charge is 0.0621 e. The summed E-state index contributed by atoms with van der Waals surface area (Å²) in [5.41, 5.74) is 2.45. The predicted molar refractivity (Wildman–Crippen MR) is 92.3 cm³/mol. The summed E-state index contributed by atoms with van der Waals surface area (Å²) < 4.78 is 0. The van der Waals surface area contributed by atoms with Crippen LogP contribution in [-0.2, 0) is 6.42 Å². The second kappa shape index (κ2) is 8.42. The molecule has 0 aliphatic heterocycles. The van der Waals surface area contributed by atoms with Crippen molar-refractivity contribution in [1.82, 2.24) is 10.3 Å². The SMILES string of the molecule is CCNC(CSc1ccc(C)cc1)Cc1ccncc1Cl. The highest BCUT2D eigenvalue weighted by Crippen LogP contribution is 2.22. The van der Waals surface area contributed by atoms with Gasteiger partial charge in [0.25, 0.3) is 0 Å². The van der Waals surface area contributed by atoms with Crippen LogP contribution in [0.5, 0.6) is 0 Å². The Morgan fingerprint density at radius 3 is 2.67 bits per heavy atom. The molecule has 2 rings (SSSR count). The first-order valence-electron chi connectivity index (χ1n) is 7.20. The lowest BCUT2D eigenvalue weighted by Gasteiger charge is -2.18. The van der Waals surface area contributed by atoms with E-state index < -0.39 is 0 Å². The summed E-state index contributed by atoms with van der Waals surface area (Å²) >= 11 is 8.09. The molecular formula is C17H21ClN2S. The Bertz CT molecular complexity index is 557. The van der Waals surface area contributed by atoms with Gasteiger partial charge in [0.05, 0.1) is 5.02 Å². The van der Waals surface area contributed by atoms with Crippen LogP contribution in [0, 0.1) is 6.92 Å². The number of hydrogen-bond donors (Lipinski definition) is 1. The topological polar surface area (TPSA) is 24.9 Å².